The summed E-state index contributed by atoms with van der Waals surface area (Å²) in [6, 6.07) is 5.35. The molecule has 2 N–H and O–H groups in total. The number of anilines is 1. The van der Waals surface area contributed by atoms with Crippen molar-refractivity contribution < 1.29 is 4.39 Å². The number of nitrogens with zero attached hydrogens (tertiary/aromatic N) is 2. The van der Waals surface area contributed by atoms with Crippen molar-refractivity contribution >= 4 is 5.69 Å². The maximum atomic E-state index is 13.6. The molecule has 1 heterocycles. The van der Waals surface area contributed by atoms with Gasteiger partial charge in [0.25, 0.3) is 0 Å². The standard InChI is InChI=1S/C13H20FN3/c1-2-16-5-7-17(8-6-16)12-4-3-11(10-15)13(14)9-12/h3-4,9H,2,5-8,10,15H2,1H3. The highest BCUT2D eigenvalue weighted by Gasteiger charge is 2.16. The fourth-order valence-electron chi connectivity index (χ4n) is 2.22. The molecule has 2 rings (SSSR count). The van der Waals surface area contributed by atoms with Gasteiger partial charge in [-0.1, -0.05) is 13.0 Å². The van der Waals surface area contributed by atoms with E-state index in [9.17, 15) is 4.39 Å². The Morgan fingerprint density at radius 3 is 2.47 bits per heavy atom. The third-order valence-corrected chi connectivity index (χ3v) is 3.44. The lowest BCUT2D eigenvalue weighted by molar-refractivity contribution is 0.271. The van der Waals surface area contributed by atoms with E-state index in [4.69, 9.17) is 5.73 Å². The number of likely N-dealkylation sites (N-methyl/N-ethyl adjacent to an activating group) is 1. The molecule has 0 aromatic heterocycles. The van der Waals surface area contributed by atoms with Crippen molar-refractivity contribution in [3.05, 3.63) is 29.6 Å². The quantitative estimate of drug-likeness (QED) is 0.863. The highest BCUT2D eigenvalue weighted by Crippen LogP contribution is 2.19. The van der Waals surface area contributed by atoms with E-state index in [1.165, 1.54) is 0 Å². The van der Waals surface area contributed by atoms with E-state index in [1.807, 2.05) is 6.07 Å². The zero-order valence-corrected chi connectivity index (χ0v) is 10.3. The van der Waals surface area contributed by atoms with Gasteiger partial charge < -0.3 is 15.5 Å². The van der Waals surface area contributed by atoms with Crippen LogP contribution in [0.25, 0.3) is 0 Å². The molecule has 0 amide bonds. The van der Waals surface area contributed by atoms with Gasteiger partial charge in [0.1, 0.15) is 5.82 Å². The molecule has 0 unspecified atom stereocenters. The van der Waals surface area contributed by atoms with E-state index in [1.54, 1.807) is 12.1 Å². The van der Waals surface area contributed by atoms with Crippen LogP contribution in [0.3, 0.4) is 0 Å². The van der Waals surface area contributed by atoms with Crippen molar-refractivity contribution in [1.29, 1.82) is 0 Å². The van der Waals surface area contributed by atoms with Crippen molar-refractivity contribution in [2.45, 2.75) is 13.5 Å². The number of rotatable bonds is 3. The summed E-state index contributed by atoms with van der Waals surface area (Å²) in [5.74, 6) is -0.192. The number of hydrogen-bond donors (Lipinski definition) is 1. The van der Waals surface area contributed by atoms with Crippen molar-refractivity contribution in [2.24, 2.45) is 5.73 Å². The minimum absolute atomic E-state index is 0.192. The average molecular weight is 237 g/mol. The Kier molecular flexibility index (Phi) is 3.97. The first kappa shape index (κ1) is 12.3. The van der Waals surface area contributed by atoms with Gasteiger partial charge in [-0.3, -0.25) is 0 Å². The second kappa shape index (κ2) is 5.47. The van der Waals surface area contributed by atoms with Crippen LogP contribution in [-0.2, 0) is 6.54 Å². The van der Waals surface area contributed by atoms with Crippen molar-refractivity contribution in [1.82, 2.24) is 4.90 Å². The average Bonchev–Trinajstić information content (AvgIpc) is 2.39. The molecule has 0 atom stereocenters. The first-order valence-corrected chi connectivity index (χ1v) is 6.20. The lowest BCUT2D eigenvalue weighted by atomic mass is 10.1. The highest BCUT2D eigenvalue weighted by molar-refractivity contribution is 5.48. The minimum Gasteiger partial charge on any atom is -0.369 e. The zero-order valence-electron chi connectivity index (χ0n) is 10.3. The van der Waals surface area contributed by atoms with E-state index in [0.717, 1.165) is 38.4 Å². The van der Waals surface area contributed by atoms with Gasteiger partial charge >= 0.3 is 0 Å². The van der Waals surface area contributed by atoms with Crippen LogP contribution in [0.15, 0.2) is 18.2 Å². The Morgan fingerprint density at radius 1 is 1.24 bits per heavy atom. The fourth-order valence-corrected chi connectivity index (χ4v) is 2.22. The van der Waals surface area contributed by atoms with Gasteiger partial charge in [-0.25, -0.2) is 4.39 Å². The van der Waals surface area contributed by atoms with Crippen molar-refractivity contribution in [3.63, 3.8) is 0 Å². The largest absolute Gasteiger partial charge is 0.369 e. The van der Waals surface area contributed by atoms with E-state index < -0.39 is 0 Å². The number of hydrogen-bond acceptors (Lipinski definition) is 3. The Bertz CT molecular complexity index is 373. The van der Waals surface area contributed by atoms with Crippen LogP contribution >= 0.6 is 0 Å². The Labute approximate surface area is 102 Å². The van der Waals surface area contributed by atoms with Crippen LogP contribution < -0.4 is 10.6 Å². The Balaban J connectivity index is 2.06. The molecule has 0 aliphatic carbocycles. The van der Waals surface area contributed by atoms with Gasteiger partial charge in [-0.2, -0.15) is 0 Å². The molecule has 0 radical (unpaired) electrons. The molecule has 0 spiro atoms. The van der Waals surface area contributed by atoms with E-state index in [-0.39, 0.29) is 12.4 Å². The molecule has 4 heteroatoms. The third-order valence-electron chi connectivity index (χ3n) is 3.44. The maximum Gasteiger partial charge on any atom is 0.129 e. The SMILES string of the molecule is CCN1CCN(c2ccc(CN)c(F)c2)CC1. The minimum atomic E-state index is -0.192. The fraction of sp³-hybridized carbons (Fsp3) is 0.538. The molecule has 1 saturated heterocycles. The maximum absolute atomic E-state index is 13.6. The van der Waals surface area contributed by atoms with Gasteiger partial charge in [0.2, 0.25) is 0 Å². The number of piperazine rings is 1. The van der Waals surface area contributed by atoms with E-state index in [0.29, 0.717) is 5.56 Å². The molecule has 0 saturated carbocycles. The number of halogens is 1. The summed E-state index contributed by atoms with van der Waals surface area (Å²) in [5.41, 5.74) is 7.01. The molecule has 1 fully saturated rings. The van der Waals surface area contributed by atoms with Crippen LogP contribution in [-0.4, -0.2) is 37.6 Å². The second-order valence-electron chi connectivity index (χ2n) is 4.40. The third kappa shape index (κ3) is 2.76. The van der Waals surface area contributed by atoms with Crippen molar-refractivity contribution in [2.75, 3.05) is 37.6 Å². The van der Waals surface area contributed by atoms with E-state index in [2.05, 4.69) is 16.7 Å². The summed E-state index contributed by atoms with van der Waals surface area (Å²) < 4.78 is 13.6. The molecule has 1 aromatic rings. The zero-order chi connectivity index (χ0) is 12.3. The Morgan fingerprint density at radius 2 is 1.94 bits per heavy atom. The molecule has 1 aliphatic rings. The van der Waals surface area contributed by atoms with Gasteiger partial charge in [0.05, 0.1) is 0 Å². The summed E-state index contributed by atoms with van der Waals surface area (Å²) in [6.45, 7) is 7.56. The molecule has 1 aliphatic heterocycles. The van der Waals surface area contributed by atoms with Crippen LogP contribution in [0.5, 0.6) is 0 Å². The molecule has 94 valence electrons. The van der Waals surface area contributed by atoms with Gasteiger partial charge in [0.15, 0.2) is 0 Å². The van der Waals surface area contributed by atoms with Crippen molar-refractivity contribution in [3.8, 4) is 0 Å². The first-order chi connectivity index (χ1) is 8.24. The summed E-state index contributed by atoms with van der Waals surface area (Å²) in [4.78, 5) is 4.64. The monoisotopic (exact) mass is 237 g/mol. The molecule has 3 nitrogen and oxygen atoms in total. The Hall–Kier alpha value is -1.13. The smallest absolute Gasteiger partial charge is 0.129 e. The highest BCUT2D eigenvalue weighted by atomic mass is 19.1. The summed E-state index contributed by atoms with van der Waals surface area (Å²) >= 11 is 0. The molecular weight excluding hydrogens is 217 g/mol. The molecule has 1 aromatic carbocycles. The van der Waals surface area contributed by atoms with Gasteiger partial charge in [-0.15, -0.1) is 0 Å². The molecule has 0 bridgehead atoms. The van der Waals surface area contributed by atoms with Gasteiger partial charge in [0, 0.05) is 44.0 Å². The number of nitrogens with two attached hydrogens (primary N) is 1. The second-order valence-corrected chi connectivity index (χ2v) is 4.40. The lowest BCUT2D eigenvalue weighted by Crippen LogP contribution is -2.46. The van der Waals surface area contributed by atoms with E-state index >= 15 is 0 Å². The molecule has 17 heavy (non-hydrogen) atoms. The van der Waals surface area contributed by atoms with Crippen LogP contribution in [0.4, 0.5) is 10.1 Å². The summed E-state index contributed by atoms with van der Waals surface area (Å²) in [7, 11) is 0. The first-order valence-electron chi connectivity index (χ1n) is 6.20. The topological polar surface area (TPSA) is 32.5 Å². The summed E-state index contributed by atoms with van der Waals surface area (Å²) in [6.07, 6.45) is 0. The normalized spacial score (nSPS) is 17.5. The van der Waals surface area contributed by atoms with Gasteiger partial charge in [-0.05, 0) is 18.7 Å². The van der Waals surface area contributed by atoms with Crippen LogP contribution in [0, 0.1) is 5.82 Å². The predicted molar refractivity (Wildman–Crippen MR) is 68.6 cm³/mol. The number of benzene rings is 1. The lowest BCUT2D eigenvalue weighted by Gasteiger charge is -2.35. The predicted octanol–water partition coefficient (Wildman–Crippen LogP) is 1.43. The molecular formula is C13H20FN3. The van der Waals surface area contributed by atoms with Crippen LogP contribution in [0.2, 0.25) is 0 Å². The van der Waals surface area contributed by atoms with Crippen LogP contribution in [0.1, 0.15) is 12.5 Å². The summed E-state index contributed by atoms with van der Waals surface area (Å²) in [5, 5.41) is 0.